The number of morpholine rings is 1. The number of aromatic nitrogens is 3. The summed E-state index contributed by atoms with van der Waals surface area (Å²) in [5.74, 6) is 0.602. The van der Waals surface area contributed by atoms with Crippen LogP contribution in [0.2, 0.25) is 0 Å². The van der Waals surface area contributed by atoms with Gasteiger partial charge in [0, 0.05) is 30.9 Å². The van der Waals surface area contributed by atoms with E-state index in [4.69, 9.17) is 4.74 Å². The first-order valence-electron chi connectivity index (χ1n) is 8.72. The van der Waals surface area contributed by atoms with E-state index in [1.54, 1.807) is 0 Å². The van der Waals surface area contributed by atoms with Crippen molar-refractivity contribution in [2.75, 3.05) is 31.6 Å². The number of carbonyl (C=O) groups excluding carboxylic acids is 1. The summed E-state index contributed by atoms with van der Waals surface area (Å²) in [7, 11) is 0. The molecule has 0 aliphatic carbocycles. The van der Waals surface area contributed by atoms with Gasteiger partial charge < -0.3 is 15.0 Å². The van der Waals surface area contributed by atoms with Crippen LogP contribution < -0.4 is 5.32 Å². The van der Waals surface area contributed by atoms with E-state index < -0.39 is 0 Å². The van der Waals surface area contributed by atoms with Crippen LogP contribution in [0.4, 0.5) is 5.69 Å². The van der Waals surface area contributed by atoms with Crippen molar-refractivity contribution in [1.82, 2.24) is 19.9 Å². The highest BCUT2D eigenvalue weighted by molar-refractivity contribution is 5.94. The maximum Gasteiger partial charge on any atom is 0.254 e. The van der Waals surface area contributed by atoms with Gasteiger partial charge in [0.1, 0.15) is 5.69 Å². The van der Waals surface area contributed by atoms with E-state index in [0.717, 1.165) is 17.9 Å². The number of ether oxygens (including phenoxy) is 1. The highest BCUT2D eigenvalue weighted by Gasteiger charge is 2.18. The maximum atomic E-state index is 12.4. The van der Waals surface area contributed by atoms with Crippen LogP contribution in [0.5, 0.6) is 0 Å². The molecule has 0 radical (unpaired) electrons. The quantitative estimate of drug-likeness (QED) is 0.869. The van der Waals surface area contributed by atoms with Crippen molar-refractivity contribution in [3.8, 4) is 0 Å². The van der Waals surface area contributed by atoms with Gasteiger partial charge in [-0.25, -0.2) is 0 Å². The minimum atomic E-state index is 0.0616. The van der Waals surface area contributed by atoms with Crippen LogP contribution in [-0.2, 0) is 17.8 Å². The van der Waals surface area contributed by atoms with Crippen LogP contribution in [0.15, 0.2) is 30.5 Å². The van der Waals surface area contributed by atoms with Gasteiger partial charge in [-0.2, -0.15) is 0 Å². The Balaban J connectivity index is 1.53. The fraction of sp³-hybridized carbons (Fsp3) is 0.500. The Morgan fingerprint density at radius 2 is 1.96 bits per heavy atom. The minimum Gasteiger partial charge on any atom is -0.379 e. The normalized spacial score (nSPS) is 14.8. The largest absolute Gasteiger partial charge is 0.379 e. The van der Waals surface area contributed by atoms with Crippen LogP contribution >= 0.6 is 0 Å². The monoisotopic (exact) mass is 343 g/mol. The molecule has 0 bridgehead atoms. The third kappa shape index (κ3) is 4.79. The Kier molecular flexibility index (Phi) is 5.65. The van der Waals surface area contributed by atoms with Crippen molar-refractivity contribution < 1.29 is 9.53 Å². The van der Waals surface area contributed by atoms with Crippen LogP contribution in [0.25, 0.3) is 0 Å². The highest BCUT2D eigenvalue weighted by Crippen LogP contribution is 2.13. The maximum absolute atomic E-state index is 12.4. The number of carbonyl (C=O) groups is 1. The molecule has 0 spiro atoms. The van der Waals surface area contributed by atoms with E-state index in [1.165, 1.54) is 0 Å². The van der Waals surface area contributed by atoms with Crippen LogP contribution in [0.1, 0.15) is 29.9 Å². The molecule has 1 aromatic heterocycles. The van der Waals surface area contributed by atoms with Gasteiger partial charge in [0.15, 0.2) is 0 Å². The summed E-state index contributed by atoms with van der Waals surface area (Å²) in [5, 5.41) is 11.6. The second-order valence-electron chi connectivity index (χ2n) is 6.66. The molecule has 1 aliphatic heterocycles. The average Bonchev–Trinajstić information content (AvgIpc) is 3.07. The zero-order valence-electron chi connectivity index (χ0n) is 14.8. The molecule has 0 atom stereocenters. The van der Waals surface area contributed by atoms with Gasteiger partial charge in [-0.3, -0.25) is 9.48 Å². The molecule has 7 nitrogen and oxygen atoms in total. The molecule has 1 aliphatic rings. The van der Waals surface area contributed by atoms with Gasteiger partial charge in [-0.05, 0) is 30.2 Å². The molecule has 0 unspecified atom stereocenters. The first-order valence-corrected chi connectivity index (χ1v) is 8.72. The van der Waals surface area contributed by atoms with Gasteiger partial charge in [0.2, 0.25) is 0 Å². The van der Waals surface area contributed by atoms with Crippen LogP contribution in [-0.4, -0.2) is 52.1 Å². The summed E-state index contributed by atoms with van der Waals surface area (Å²) in [5.41, 5.74) is 2.56. The lowest BCUT2D eigenvalue weighted by atomic mass is 10.1. The fourth-order valence-corrected chi connectivity index (χ4v) is 2.76. The first-order chi connectivity index (χ1) is 12.1. The van der Waals surface area contributed by atoms with Crippen molar-refractivity contribution in [3.63, 3.8) is 0 Å². The van der Waals surface area contributed by atoms with Gasteiger partial charge in [-0.1, -0.05) is 19.1 Å². The Morgan fingerprint density at radius 3 is 2.64 bits per heavy atom. The molecule has 1 saturated heterocycles. The fourth-order valence-electron chi connectivity index (χ4n) is 2.76. The summed E-state index contributed by atoms with van der Waals surface area (Å²) in [6.07, 6.45) is 1.96. The molecular weight excluding hydrogens is 318 g/mol. The van der Waals surface area contributed by atoms with Crippen molar-refractivity contribution in [1.29, 1.82) is 0 Å². The Morgan fingerprint density at radius 1 is 1.24 bits per heavy atom. The number of nitrogens with zero attached hydrogens (tertiary/aromatic N) is 4. The van der Waals surface area contributed by atoms with Crippen LogP contribution in [0, 0.1) is 5.92 Å². The predicted molar refractivity (Wildman–Crippen MR) is 95.4 cm³/mol. The summed E-state index contributed by atoms with van der Waals surface area (Å²) < 4.78 is 7.15. The average molecular weight is 343 g/mol. The van der Waals surface area contributed by atoms with E-state index in [1.807, 2.05) is 40.0 Å². The molecule has 7 heteroatoms. The summed E-state index contributed by atoms with van der Waals surface area (Å²) >= 11 is 0. The lowest BCUT2D eigenvalue weighted by Gasteiger charge is -2.26. The SMILES string of the molecule is CC(C)Cn1cc(CNc2ccc(C(=O)N3CCOCC3)cc2)nn1. The van der Waals surface area contributed by atoms with E-state index in [9.17, 15) is 4.79 Å². The number of anilines is 1. The van der Waals surface area contributed by atoms with Crippen molar-refractivity contribution in [2.45, 2.75) is 26.9 Å². The molecule has 134 valence electrons. The Bertz CT molecular complexity index is 690. The van der Waals surface area contributed by atoms with Crippen molar-refractivity contribution in [3.05, 3.63) is 41.7 Å². The Hall–Kier alpha value is -2.41. The third-order valence-electron chi connectivity index (χ3n) is 4.04. The summed E-state index contributed by atoms with van der Waals surface area (Å²) in [6.45, 7) is 8.32. The number of rotatable bonds is 6. The lowest BCUT2D eigenvalue weighted by molar-refractivity contribution is 0.0303. The van der Waals surface area contributed by atoms with Gasteiger partial charge in [0.25, 0.3) is 5.91 Å². The first kappa shape index (κ1) is 17.4. The smallest absolute Gasteiger partial charge is 0.254 e. The second kappa shape index (κ2) is 8.11. The van der Waals surface area contributed by atoms with Gasteiger partial charge in [0.05, 0.1) is 26.0 Å². The minimum absolute atomic E-state index is 0.0616. The van der Waals surface area contributed by atoms with Crippen LogP contribution in [0.3, 0.4) is 0 Å². The molecule has 25 heavy (non-hydrogen) atoms. The summed E-state index contributed by atoms with van der Waals surface area (Å²) in [6, 6.07) is 7.56. The van der Waals surface area contributed by atoms with E-state index in [-0.39, 0.29) is 5.91 Å². The van der Waals surface area contributed by atoms with E-state index in [2.05, 4.69) is 29.5 Å². The molecule has 1 amide bonds. The zero-order valence-corrected chi connectivity index (χ0v) is 14.8. The van der Waals surface area contributed by atoms with E-state index in [0.29, 0.717) is 44.3 Å². The third-order valence-corrected chi connectivity index (χ3v) is 4.04. The molecule has 3 rings (SSSR count). The standard InChI is InChI=1S/C18H25N5O2/c1-14(2)12-23-13-17(20-21-23)11-19-16-5-3-15(4-6-16)18(24)22-7-9-25-10-8-22/h3-6,13-14,19H,7-12H2,1-2H3. The molecule has 1 N–H and O–H groups in total. The molecule has 2 heterocycles. The molecule has 1 fully saturated rings. The predicted octanol–water partition coefficient (Wildman–Crippen LogP) is 2.02. The summed E-state index contributed by atoms with van der Waals surface area (Å²) in [4.78, 5) is 14.2. The number of nitrogens with one attached hydrogen (secondary N) is 1. The zero-order chi connectivity index (χ0) is 17.6. The number of amides is 1. The number of hydrogen-bond donors (Lipinski definition) is 1. The Labute approximate surface area is 148 Å². The molecule has 2 aromatic rings. The van der Waals surface area contributed by atoms with Gasteiger partial charge in [-0.15, -0.1) is 5.10 Å². The highest BCUT2D eigenvalue weighted by atomic mass is 16.5. The number of hydrogen-bond acceptors (Lipinski definition) is 5. The topological polar surface area (TPSA) is 72.3 Å². The molecule has 1 aromatic carbocycles. The number of benzene rings is 1. The van der Waals surface area contributed by atoms with Crippen molar-refractivity contribution in [2.24, 2.45) is 5.92 Å². The lowest BCUT2D eigenvalue weighted by Crippen LogP contribution is -2.40. The van der Waals surface area contributed by atoms with Gasteiger partial charge >= 0.3 is 0 Å². The molecular formula is C18H25N5O2. The second-order valence-corrected chi connectivity index (χ2v) is 6.66. The van der Waals surface area contributed by atoms with Crippen molar-refractivity contribution >= 4 is 11.6 Å². The molecule has 0 saturated carbocycles. The van der Waals surface area contributed by atoms with E-state index >= 15 is 0 Å².